The van der Waals surface area contributed by atoms with Crippen molar-refractivity contribution in [3.63, 3.8) is 0 Å². The van der Waals surface area contributed by atoms with Gasteiger partial charge < -0.3 is 8.94 Å². The van der Waals surface area contributed by atoms with Gasteiger partial charge in [-0.05, 0) is 25.1 Å². The Hall–Kier alpha value is -2.59. The number of benzene rings is 1. The van der Waals surface area contributed by atoms with Crippen LogP contribution in [0.25, 0.3) is 17.3 Å². The van der Waals surface area contributed by atoms with Crippen LogP contribution in [0.3, 0.4) is 0 Å². The number of nitrogens with zero attached hydrogens (tertiary/aromatic N) is 2. The molecular formula is C20H20N2O2. The van der Waals surface area contributed by atoms with Crippen molar-refractivity contribution in [3.05, 3.63) is 71.4 Å². The van der Waals surface area contributed by atoms with Crippen LogP contribution in [0.4, 0.5) is 0 Å². The quantitative estimate of drug-likeness (QED) is 0.715. The maximum Gasteiger partial charge on any atom is 0.143 e. The number of fused-ring (bicyclic) bond motifs is 1. The summed E-state index contributed by atoms with van der Waals surface area (Å²) in [5.74, 6) is 1.93. The third-order valence-electron chi connectivity index (χ3n) is 4.36. The molecule has 0 saturated carbocycles. The summed E-state index contributed by atoms with van der Waals surface area (Å²) >= 11 is 0. The van der Waals surface area contributed by atoms with Gasteiger partial charge in [0.1, 0.15) is 17.2 Å². The van der Waals surface area contributed by atoms with Crippen molar-refractivity contribution in [2.75, 3.05) is 13.1 Å². The van der Waals surface area contributed by atoms with Crippen molar-refractivity contribution in [2.45, 2.75) is 19.9 Å². The first kappa shape index (κ1) is 15.0. The Morgan fingerprint density at radius 3 is 2.88 bits per heavy atom. The van der Waals surface area contributed by atoms with Crippen LogP contribution >= 0.6 is 0 Å². The molecule has 0 unspecified atom stereocenters. The molecule has 0 saturated heterocycles. The van der Waals surface area contributed by atoms with E-state index in [-0.39, 0.29) is 0 Å². The van der Waals surface area contributed by atoms with Gasteiger partial charge in [-0.25, -0.2) is 0 Å². The fourth-order valence-electron chi connectivity index (χ4n) is 3.24. The van der Waals surface area contributed by atoms with Gasteiger partial charge in [0, 0.05) is 37.2 Å². The highest BCUT2D eigenvalue weighted by molar-refractivity contribution is 5.63. The first-order valence-corrected chi connectivity index (χ1v) is 8.25. The SMILES string of the molecule is CC(=Cc1ccco1)CN1CCc2onc(-c3ccccc3)c2C1. The molecule has 1 aliphatic rings. The molecule has 1 aliphatic heterocycles. The van der Waals surface area contributed by atoms with Crippen LogP contribution in [0.2, 0.25) is 0 Å². The smallest absolute Gasteiger partial charge is 0.143 e. The van der Waals surface area contributed by atoms with E-state index in [4.69, 9.17) is 8.94 Å². The summed E-state index contributed by atoms with van der Waals surface area (Å²) in [6.45, 7) is 4.91. The molecule has 0 radical (unpaired) electrons. The van der Waals surface area contributed by atoms with Gasteiger partial charge in [-0.2, -0.15) is 0 Å². The van der Waals surface area contributed by atoms with Crippen LogP contribution in [-0.4, -0.2) is 23.1 Å². The molecule has 3 aromatic rings. The molecule has 1 aromatic carbocycles. The molecule has 3 heterocycles. The van der Waals surface area contributed by atoms with Crippen molar-refractivity contribution in [1.82, 2.24) is 10.1 Å². The van der Waals surface area contributed by atoms with Crippen molar-refractivity contribution < 1.29 is 8.94 Å². The van der Waals surface area contributed by atoms with E-state index in [2.05, 4.69) is 35.2 Å². The van der Waals surface area contributed by atoms with E-state index in [0.29, 0.717) is 0 Å². The second kappa shape index (κ2) is 6.49. The lowest BCUT2D eigenvalue weighted by molar-refractivity contribution is 0.254. The molecule has 122 valence electrons. The molecule has 0 atom stereocenters. The minimum atomic E-state index is 0.867. The summed E-state index contributed by atoms with van der Waals surface area (Å²) in [6.07, 6.45) is 4.71. The lowest BCUT2D eigenvalue weighted by Gasteiger charge is -2.26. The predicted octanol–water partition coefficient (Wildman–Crippen LogP) is 4.40. The van der Waals surface area contributed by atoms with Gasteiger partial charge in [-0.1, -0.05) is 41.1 Å². The van der Waals surface area contributed by atoms with Gasteiger partial charge in [-0.3, -0.25) is 4.90 Å². The predicted molar refractivity (Wildman–Crippen MR) is 93.3 cm³/mol. The van der Waals surface area contributed by atoms with Gasteiger partial charge in [0.2, 0.25) is 0 Å². The molecule has 0 fully saturated rings. The summed E-state index contributed by atoms with van der Waals surface area (Å²) in [6, 6.07) is 14.1. The molecule has 2 aromatic heterocycles. The van der Waals surface area contributed by atoms with Crippen LogP contribution in [0.15, 0.2) is 63.2 Å². The van der Waals surface area contributed by atoms with Gasteiger partial charge in [-0.15, -0.1) is 0 Å². The first-order chi connectivity index (χ1) is 11.8. The van der Waals surface area contributed by atoms with Crippen molar-refractivity contribution in [1.29, 1.82) is 0 Å². The summed E-state index contributed by atoms with van der Waals surface area (Å²) in [7, 11) is 0. The summed E-state index contributed by atoms with van der Waals surface area (Å²) < 4.78 is 11.0. The van der Waals surface area contributed by atoms with Crippen LogP contribution in [0.1, 0.15) is 24.0 Å². The highest BCUT2D eigenvalue weighted by Gasteiger charge is 2.24. The van der Waals surface area contributed by atoms with E-state index in [1.807, 2.05) is 30.3 Å². The van der Waals surface area contributed by atoms with Crippen molar-refractivity contribution in [3.8, 4) is 11.3 Å². The van der Waals surface area contributed by atoms with Crippen LogP contribution in [-0.2, 0) is 13.0 Å². The fourth-order valence-corrected chi connectivity index (χ4v) is 3.24. The highest BCUT2D eigenvalue weighted by Crippen LogP contribution is 2.30. The Labute approximate surface area is 141 Å². The van der Waals surface area contributed by atoms with E-state index in [1.165, 1.54) is 11.1 Å². The average molecular weight is 320 g/mol. The van der Waals surface area contributed by atoms with E-state index in [9.17, 15) is 0 Å². The maximum absolute atomic E-state index is 5.57. The molecule has 4 rings (SSSR count). The number of hydrogen-bond donors (Lipinski definition) is 0. The Kier molecular flexibility index (Phi) is 4.05. The Balaban J connectivity index is 1.52. The second-order valence-corrected chi connectivity index (χ2v) is 6.27. The fraction of sp³-hybridized carbons (Fsp3) is 0.250. The van der Waals surface area contributed by atoms with E-state index >= 15 is 0 Å². The number of rotatable bonds is 4. The normalized spacial score (nSPS) is 15.5. The molecule has 4 heteroatoms. The molecule has 0 aliphatic carbocycles. The number of furan rings is 1. The van der Waals surface area contributed by atoms with Crippen molar-refractivity contribution in [2.24, 2.45) is 0 Å². The third-order valence-corrected chi connectivity index (χ3v) is 4.36. The lowest BCUT2D eigenvalue weighted by atomic mass is 10.0. The molecular weight excluding hydrogens is 300 g/mol. The van der Waals surface area contributed by atoms with Crippen LogP contribution in [0.5, 0.6) is 0 Å². The van der Waals surface area contributed by atoms with Gasteiger partial charge in [0.25, 0.3) is 0 Å². The zero-order valence-corrected chi connectivity index (χ0v) is 13.7. The van der Waals surface area contributed by atoms with Crippen molar-refractivity contribution >= 4 is 6.08 Å². The molecule has 4 nitrogen and oxygen atoms in total. The summed E-state index contributed by atoms with van der Waals surface area (Å²) in [5, 5.41) is 4.31. The minimum Gasteiger partial charge on any atom is -0.465 e. The monoisotopic (exact) mass is 320 g/mol. The van der Waals surface area contributed by atoms with E-state index < -0.39 is 0 Å². The molecule has 0 N–H and O–H groups in total. The largest absolute Gasteiger partial charge is 0.465 e. The average Bonchev–Trinajstić information content (AvgIpc) is 3.25. The van der Waals surface area contributed by atoms with Gasteiger partial charge in [0.15, 0.2) is 0 Å². The zero-order valence-electron chi connectivity index (χ0n) is 13.7. The molecule has 0 amide bonds. The molecule has 24 heavy (non-hydrogen) atoms. The maximum atomic E-state index is 5.57. The first-order valence-electron chi connectivity index (χ1n) is 8.25. The minimum absolute atomic E-state index is 0.867. The van der Waals surface area contributed by atoms with Crippen LogP contribution in [0, 0.1) is 0 Å². The summed E-state index contributed by atoms with van der Waals surface area (Å²) in [4.78, 5) is 2.43. The highest BCUT2D eigenvalue weighted by atomic mass is 16.5. The van der Waals surface area contributed by atoms with E-state index in [0.717, 1.165) is 48.8 Å². The molecule has 0 bridgehead atoms. The number of aromatic nitrogens is 1. The summed E-state index contributed by atoms with van der Waals surface area (Å²) in [5.41, 5.74) is 4.60. The Morgan fingerprint density at radius 2 is 2.08 bits per heavy atom. The zero-order chi connectivity index (χ0) is 16.4. The lowest BCUT2D eigenvalue weighted by Crippen LogP contribution is -2.31. The van der Waals surface area contributed by atoms with Crippen LogP contribution < -0.4 is 0 Å². The topological polar surface area (TPSA) is 42.4 Å². The van der Waals surface area contributed by atoms with Gasteiger partial charge in [0.05, 0.1) is 6.26 Å². The Morgan fingerprint density at radius 1 is 1.21 bits per heavy atom. The van der Waals surface area contributed by atoms with Gasteiger partial charge >= 0.3 is 0 Å². The number of hydrogen-bond acceptors (Lipinski definition) is 4. The third kappa shape index (κ3) is 3.05. The Bertz CT molecular complexity index is 832. The molecule has 0 spiro atoms. The van der Waals surface area contributed by atoms with E-state index in [1.54, 1.807) is 6.26 Å². The second-order valence-electron chi connectivity index (χ2n) is 6.27. The standard InChI is InChI=1S/C20H20N2O2/c1-15(12-17-8-5-11-23-17)13-22-10-9-19-18(14-22)20(21-24-19)16-6-3-2-4-7-16/h2-8,11-12H,9-10,13-14H2,1H3.